The smallest absolute Gasteiger partial charge is 0.333 e. The number of nitrogens with zero attached hydrogens (tertiary/aromatic N) is 4. The maximum Gasteiger partial charge on any atom is 0.333 e. The third-order valence-corrected chi connectivity index (χ3v) is 4.91. The molecule has 2 aromatic heterocycles. The minimum atomic E-state index is -2.83. The monoisotopic (exact) mass is 418 g/mol. The lowest BCUT2D eigenvalue weighted by atomic mass is 10.1. The zero-order valence-electron chi connectivity index (χ0n) is 16.1. The number of hydrogen-bond acceptors (Lipinski definition) is 5. The van der Waals surface area contributed by atoms with Gasteiger partial charge in [-0.3, -0.25) is 9.78 Å². The summed E-state index contributed by atoms with van der Waals surface area (Å²) in [5, 5.41) is 3.57. The molecule has 10 heteroatoms. The SMILES string of the molecule is COc1ccc(CN2Cc3c(F)cnc(-c4cnn(C(F)F)c4)c3C2=O)c(OC)c1. The van der Waals surface area contributed by atoms with Gasteiger partial charge in [-0.15, -0.1) is 0 Å². The van der Waals surface area contributed by atoms with Gasteiger partial charge in [-0.2, -0.15) is 13.9 Å². The maximum absolute atomic E-state index is 14.4. The van der Waals surface area contributed by atoms with E-state index in [2.05, 4.69) is 10.1 Å². The average molecular weight is 418 g/mol. The second-order valence-corrected chi connectivity index (χ2v) is 6.63. The van der Waals surface area contributed by atoms with Crippen LogP contribution in [0, 0.1) is 5.82 Å². The number of ether oxygens (including phenoxy) is 2. The van der Waals surface area contributed by atoms with Crippen molar-refractivity contribution in [3.8, 4) is 22.8 Å². The number of hydrogen-bond donors (Lipinski definition) is 0. The van der Waals surface area contributed by atoms with Crippen molar-refractivity contribution >= 4 is 5.91 Å². The van der Waals surface area contributed by atoms with Gasteiger partial charge < -0.3 is 14.4 Å². The van der Waals surface area contributed by atoms with Gasteiger partial charge >= 0.3 is 6.55 Å². The van der Waals surface area contributed by atoms with Crippen molar-refractivity contribution in [1.29, 1.82) is 0 Å². The van der Waals surface area contributed by atoms with E-state index in [1.165, 1.54) is 25.3 Å². The van der Waals surface area contributed by atoms with Crippen molar-refractivity contribution in [3.05, 3.63) is 59.3 Å². The Labute approximate surface area is 169 Å². The number of aromatic nitrogens is 3. The first kappa shape index (κ1) is 19.7. The van der Waals surface area contributed by atoms with Crippen LogP contribution in [0.25, 0.3) is 11.3 Å². The molecule has 0 spiro atoms. The first-order valence-electron chi connectivity index (χ1n) is 8.93. The Morgan fingerprint density at radius 1 is 1.20 bits per heavy atom. The molecule has 7 nitrogen and oxygen atoms in total. The zero-order valence-corrected chi connectivity index (χ0v) is 16.1. The van der Waals surface area contributed by atoms with Crippen LogP contribution in [-0.2, 0) is 13.1 Å². The molecule has 3 heterocycles. The predicted octanol–water partition coefficient (Wildman–Crippen LogP) is 3.65. The minimum absolute atomic E-state index is 0.0215. The number of carbonyl (C=O) groups excluding carboxylic acids is 1. The average Bonchev–Trinajstić information content (AvgIpc) is 3.36. The van der Waals surface area contributed by atoms with Crippen molar-refractivity contribution in [1.82, 2.24) is 19.7 Å². The normalized spacial score (nSPS) is 13.1. The number of halogens is 3. The third-order valence-electron chi connectivity index (χ3n) is 4.91. The molecule has 0 aliphatic carbocycles. The number of fused-ring (bicyclic) bond motifs is 1. The lowest BCUT2D eigenvalue weighted by molar-refractivity contribution is 0.0566. The largest absolute Gasteiger partial charge is 0.497 e. The fourth-order valence-electron chi connectivity index (χ4n) is 3.43. The Hall–Kier alpha value is -3.56. The topological polar surface area (TPSA) is 69.5 Å². The molecule has 1 aliphatic heterocycles. The highest BCUT2D eigenvalue weighted by atomic mass is 19.3. The number of benzene rings is 1. The summed E-state index contributed by atoms with van der Waals surface area (Å²) in [6.45, 7) is -2.65. The van der Waals surface area contributed by atoms with E-state index >= 15 is 0 Å². The summed E-state index contributed by atoms with van der Waals surface area (Å²) in [7, 11) is 3.03. The van der Waals surface area contributed by atoms with Crippen LogP contribution in [-0.4, -0.2) is 39.8 Å². The predicted molar refractivity (Wildman–Crippen MR) is 99.8 cm³/mol. The van der Waals surface area contributed by atoms with E-state index in [9.17, 15) is 18.0 Å². The summed E-state index contributed by atoms with van der Waals surface area (Å²) in [6, 6.07) is 5.18. The fraction of sp³-hybridized carbons (Fsp3) is 0.250. The van der Waals surface area contributed by atoms with Crippen LogP contribution in [0.15, 0.2) is 36.8 Å². The molecule has 0 atom stereocenters. The molecule has 30 heavy (non-hydrogen) atoms. The third kappa shape index (κ3) is 3.34. The molecule has 0 bridgehead atoms. The van der Waals surface area contributed by atoms with E-state index in [0.29, 0.717) is 21.7 Å². The molecule has 0 unspecified atom stereocenters. The number of methoxy groups -OCH3 is 2. The lowest BCUT2D eigenvalue weighted by Crippen LogP contribution is -2.23. The molecule has 1 aromatic carbocycles. The standard InChI is InChI=1S/C20H17F3N4O3/c1-29-13-4-3-11(16(5-13)30-2)8-26-10-14-15(21)7-24-18(17(14)19(26)28)12-6-25-27(9-12)20(22)23/h3-7,9,20H,8,10H2,1-2H3. The van der Waals surface area contributed by atoms with Gasteiger partial charge in [0.05, 0.1) is 44.4 Å². The number of alkyl halides is 2. The highest BCUT2D eigenvalue weighted by molar-refractivity contribution is 6.03. The number of amides is 1. The van der Waals surface area contributed by atoms with E-state index < -0.39 is 18.3 Å². The van der Waals surface area contributed by atoms with Crippen molar-refractivity contribution in [2.75, 3.05) is 14.2 Å². The van der Waals surface area contributed by atoms with Gasteiger partial charge in [-0.05, 0) is 12.1 Å². The van der Waals surface area contributed by atoms with E-state index in [0.717, 1.165) is 12.4 Å². The van der Waals surface area contributed by atoms with E-state index in [-0.39, 0.29) is 35.5 Å². The first-order chi connectivity index (χ1) is 14.4. The molecule has 1 amide bonds. The van der Waals surface area contributed by atoms with E-state index in [1.54, 1.807) is 18.2 Å². The molecule has 156 valence electrons. The van der Waals surface area contributed by atoms with Crippen molar-refractivity contribution < 1.29 is 27.4 Å². The van der Waals surface area contributed by atoms with Crippen LogP contribution in [0.5, 0.6) is 11.5 Å². The molecule has 0 N–H and O–H groups in total. The van der Waals surface area contributed by atoms with Crippen LogP contribution < -0.4 is 9.47 Å². The number of carbonyl (C=O) groups is 1. The summed E-state index contributed by atoms with van der Waals surface area (Å²) in [6.07, 6.45) is 3.24. The van der Waals surface area contributed by atoms with Gasteiger partial charge in [0.25, 0.3) is 5.91 Å². The minimum Gasteiger partial charge on any atom is -0.497 e. The van der Waals surface area contributed by atoms with Crippen molar-refractivity contribution in [3.63, 3.8) is 0 Å². The van der Waals surface area contributed by atoms with Crippen LogP contribution >= 0.6 is 0 Å². The molecule has 4 rings (SSSR count). The van der Waals surface area contributed by atoms with Crippen LogP contribution in [0.1, 0.15) is 28.0 Å². The Morgan fingerprint density at radius 2 is 2.00 bits per heavy atom. The highest BCUT2D eigenvalue weighted by Crippen LogP contribution is 2.35. The molecule has 0 fully saturated rings. The van der Waals surface area contributed by atoms with Crippen molar-refractivity contribution in [2.45, 2.75) is 19.6 Å². The summed E-state index contributed by atoms with van der Waals surface area (Å²) in [5.41, 5.74) is 1.26. The lowest BCUT2D eigenvalue weighted by Gasteiger charge is -2.18. The van der Waals surface area contributed by atoms with Crippen LogP contribution in [0.4, 0.5) is 13.2 Å². The summed E-state index contributed by atoms with van der Waals surface area (Å²) in [5.74, 6) is 0.0394. The Morgan fingerprint density at radius 3 is 2.67 bits per heavy atom. The van der Waals surface area contributed by atoms with E-state index in [4.69, 9.17) is 9.47 Å². The Bertz CT molecular complexity index is 1120. The van der Waals surface area contributed by atoms with Gasteiger partial charge in [0.1, 0.15) is 17.3 Å². The molecular formula is C20H17F3N4O3. The first-order valence-corrected chi connectivity index (χ1v) is 8.93. The van der Waals surface area contributed by atoms with Crippen LogP contribution in [0.2, 0.25) is 0 Å². The quantitative estimate of drug-likeness (QED) is 0.611. The van der Waals surface area contributed by atoms with Gasteiger partial charge in [0.2, 0.25) is 0 Å². The Balaban J connectivity index is 1.68. The van der Waals surface area contributed by atoms with E-state index in [1.807, 2.05) is 0 Å². The summed E-state index contributed by atoms with van der Waals surface area (Å²) < 4.78 is 51.1. The fourth-order valence-corrected chi connectivity index (χ4v) is 3.43. The summed E-state index contributed by atoms with van der Waals surface area (Å²) >= 11 is 0. The van der Waals surface area contributed by atoms with Gasteiger partial charge in [0.15, 0.2) is 0 Å². The molecule has 0 radical (unpaired) electrons. The van der Waals surface area contributed by atoms with Crippen LogP contribution in [0.3, 0.4) is 0 Å². The summed E-state index contributed by atoms with van der Waals surface area (Å²) in [4.78, 5) is 18.5. The van der Waals surface area contributed by atoms with Gasteiger partial charge in [-0.25, -0.2) is 9.07 Å². The molecular weight excluding hydrogens is 401 g/mol. The maximum atomic E-state index is 14.4. The highest BCUT2D eigenvalue weighted by Gasteiger charge is 2.34. The molecule has 3 aromatic rings. The second kappa shape index (κ2) is 7.69. The zero-order chi connectivity index (χ0) is 21.4. The molecule has 0 saturated heterocycles. The Kier molecular flexibility index (Phi) is 5.06. The van der Waals surface area contributed by atoms with Gasteiger partial charge in [-0.1, -0.05) is 0 Å². The van der Waals surface area contributed by atoms with Crippen molar-refractivity contribution in [2.24, 2.45) is 0 Å². The van der Waals surface area contributed by atoms with Gasteiger partial charge in [0, 0.05) is 35.5 Å². The molecule has 1 aliphatic rings. The number of rotatable bonds is 6. The second-order valence-electron chi connectivity index (χ2n) is 6.63. The molecule has 0 saturated carbocycles. The number of pyridine rings is 1.